The van der Waals surface area contributed by atoms with Crippen molar-refractivity contribution < 1.29 is 9.53 Å². The number of hydrogen-bond acceptors (Lipinski definition) is 7. The lowest BCUT2D eigenvalue weighted by atomic mass is 9.95. The van der Waals surface area contributed by atoms with Crippen LogP contribution in [0, 0.1) is 6.92 Å². The number of likely N-dealkylation sites (tertiary alicyclic amines) is 1. The molecule has 10 nitrogen and oxygen atoms in total. The Balaban J connectivity index is 1.41. The third-order valence-electron chi connectivity index (χ3n) is 6.24. The molecule has 1 aliphatic heterocycles. The number of amides is 1. The van der Waals surface area contributed by atoms with Crippen LogP contribution in [-0.4, -0.2) is 65.8 Å². The van der Waals surface area contributed by atoms with E-state index < -0.39 is 6.04 Å². The highest BCUT2D eigenvalue weighted by molar-refractivity contribution is 5.81. The lowest BCUT2D eigenvalue weighted by Gasteiger charge is -2.34. The van der Waals surface area contributed by atoms with Gasteiger partial charge in [0.25, 0.3) is 0 Å². The molecule has 4 heterocycles. The molecule has 5 rings (SSSR count). The summed E-state index contributed by atoms with van der Waals surface area (Å²) in [6, 6.07) is 13.1. The van der Waals surface area contributed by atoms with Crippen molar-refractivity contribution in [3.63, 3.8) is 0 Å². The molecule has 1 amide bonds. The number of aryl methyl sites for hydroxylation is 1. The molecule has 4 aromatic rings. The first-order chi connectivity index (χ1) is 16.1. The van der Waals surface area contributed by atoms with E-state index in [1.54, 1.807) is 11.8 Å². The molecule has 0 spiro atoms. The fourth-order valence-corrected chi connectivity index (χ4v) is 4.56. The highest BCUT2D eigenvalue weighted by Gasteiger charge is 2.33. The Bertz CT molecular complexity index is 1270. The molecule has 1 aliphatic rings. The number of piperidine rings is 1. The molecule has 2 atom stereocenters. The Hall–Kier alpha value is -3.82. The lowest BCUT2D eigenvalue weighted by Crippen LogP contribution is -2.44. The van der Waals surface area contributed by atoms with Gasteiger partial charge in [0.2, 0.25) is 5.91 Å². The number of carbonyl (C=O) groups excluding carboxylic acids is 1. The molecule has 0 aliphatic carbocycles. The molecule has 1 aromatic carbocycles. The van der Waals surface area contributed by atoms with Crippen molar-refractivity contribution in [3.05, 3.63) is 65.9 Å². The maximum absolute atomic E-state index is 13.8. The minimum Gasteiger partial charge on any atom is -0.497 e. The van der Waals surface area contributed by atoms with Gasteiger partial charge < -0.3 is 9.64 Å². The maximum atomic E-state index is 13.8. The average molecular weight is 447 g/mol. The lowest BCUT2D eigenvalue weighted by molar-refractivity contribution is -0.136. The molecule has 3 aromatic heterocycles. The van der Waals surface area contributed by atoms with Crippen LogP contribution in [0.3, 0.4) is 0 Å². The predicted molar refractivity (Wildman–Crippen MR) is 120 cm³/mol. The first-order valence-corrected chi connectivity index (χ1v) is 11.1. The quantitative estimate of drug-likeness (QED) is 0.447. The van der Waals surface area contributed by atoms with Gasteiger partial charge in [-0.1, -0.05) is 18.2 Å². The van der Waals surface area contributed by atoms with Gasteiger partial charge in [-0.15, -0.1) is 15.3 Å². The van der Waals surface area contributed by atoms with E-state index >= 15 is 0 Å². The first kappa shape index (κ1) is 21.0. The van der Waals surface area contributed by atoms with Gasteiger partial charge in [-0.2, -0.15) is 0 Å². The van der Waals surface area contributed by atoms with Crippen molar-refractivity contribution >= 4 is 11.6 Å². The predicted octanol–water partition coefficient (Wildman–Crippen LogP) is 2.22. The number of pyridine rings is 1. The summed E-state index contributed by atoms with van der Waals surface area (Å²) in [7, 11) is 1.63. The summed E-state index contributed by atoms with van der Waals surface area (Å²) in [4.78, 5) is 15.7. The molecular formula is C23H26N8O2. The summed E-state index contributed by atoms with van der Waals surface area (Å²) in [6.45, 7) is 3.10. The molecule has 1 saturated heterocycles. The van der Waals surface area contributed by atoms with Gasteiger partial charge in [-0.3, -0.25) is 9.20 Å². The average Bonchev–Trinajstić information content (AvgIpc) is 3.48. The van der Waals surface area contributed by atoms with E-state index in [-0.39, 0.29) is 11.8 Å². The molecule has 0 saturated carbocycles. The molecule has 1 fully saturated rings. The van der Waals surface area contributed by atoms with Crippen molar-refractivity contribution in [1.82, 2.24) is 39.7 Å². The van der Waals surface area contributed by atoms with Crippen molar-refractivity contribution in [1.29, 1.82) is 0 Å². The van der Waals surface area contributed by atoms with Crippen LogP contribution in [0.15, 0.2) is 48.7 Å². The number of nitrogens with zero attached hydrogens (tertiary/aromatic N) is 8. The number of rotatable bonds is 6. The summed E-state index contributed by atoms with van der Waals surface area (Å²) >= 11 is 0. The minimum absolute atomic E-state index is 0.00624. The Labute approximate surface area is 191 Å². The van der Waals surface area contributed by atoms with Crippen molar-refractivity contribution in [2.24, 2.45) is 0 Å². The normalized spacial score (nSPS) is 17.3. The van der Waals surface area contributed by atoms with Crippen molar-refractivity contribution in [2.75, 3.05) is 20.2 Å². The fraction of sp³-hybridized carbons (Fsp3) is 0.391. The van der Waals surface area contributed by atoms with Crippen molar-refractivity contribution in [3.8, 4) is 5.75 Å². The van der Waals surface area contributed by atoms with Crippen LogP contribution >= 0.6 is 0 Å². The number of hydrogen-bond donors (Lipinski definition) is 0. The van der Waals surface area contributed by atoms with Gasteiger partial charge in [-0.05, 0) is 60.0 Å². The summed E-state index contributed by atoms with van der Waals surface area (Å²) in [5.41, 5.74) is 1.80. The van der Waals surface area contributed by atoms with Crippen LogP contribution in [0.1, 0.15) is 42.0 Å². The standard InChI is InChI=1S/C23H26N8O2/c1-16-24-27-28-31(16)20(14-17-7-5-9-19(13-17)33-2)23(32)29-11-6-8-18(15-29)22-26-25-21-10-3-4-12-30(21)22/h3-5,7,9-10,12-13,18,20H,6,8,11,14-15H2,1-2H3/t18-,20-/m1/s1. The third kappa shape index (κ3) is 4.15. The van der Waals surface area contributed by atoms with Crippen LogP contribution in [0.4, 0.5) is 0 Å². The SMILES string of the molecule is COc1cccc(C[C@H](C(=O)N2CCC[C@@H](c3nnc4ccccn34)C2)n2nnnc2C)c1. The molecular weight excluding hydrogens is 420 g/mol. The zero-order valence-corrected chi connectivity index (χ0v) is 18.7. The van der Waals surface area contributed by atoms with Gasteiger partial charge in [-0.25, -0.2) is 4.68 Å². The van der Waals surface area contributed by atoms with Crippen LogP contribution in [-0.2, 0) is 11.2 Å². The van der Waals surface area contributed by atoms with E-state index in [9.17, 15) is 4.79 Å². The van der Waals surface area contributed by atoms with Gasteiger partial charge in [0.05, 0.1) is 7.11 Å². The van der Waals surface area contributed by atoms with Gasteiger partial charge in [0.1, 0.15) is 23.4 Å². The third-order valence-corrected chi connectivity index (χ3v) is 6.24. The van der Waals surface area contributed by atoms with Crippen LogP contribution < -0.4 is 4.74 Å². The van der Waals surface area contributed by atoms with Gasteiger partial charge in [0.15, 0.2) is 5.65 Å². The number of methoxy groups -OCH3 is 1. The second-order valence-electron chi connectivity index (χ2n) is 8.35. The zero-order chi connectivity index (χ0) is 22.8. The summed E-state index contributed by atoms with van der Waals surface area (Å²) < 4.78 is 9.00. The van der Waals surface area contributed by atoms with E-state index in [0.29, 0.717) is 25.3 Å². The Morgan fingerprint density at radius 2 is 2.09 bits per heavy atom. The largest absolute Gasteiger partial charge is 0.497 e. The molecule has 33 heavy (non-hydrogen) atoms. The fourth-order valence-electron chi connectivity index (χ4n) is 4.56. The van der Waals surface area contributed by atoms with Crippen LogP contribution in [0.25, 0.3) is 5.65 Å². The molecule has 0 bridgehead atoms. The molecule has 10 heteroatoms. The molecule has 0 N–H and O–H groups in total. The molecule has 0 unspecified atom stereocenters. The van der Waals surface area contributed by atoms with E-state index in [4.69, 9.17) is 4.74 Å². The molecule has 170 valence electrons. The summed E-state index contributed by atoms with van der Waals surface area (Å²) in [5, 5.41) is 20.6. The number of tetrazole rings is 1. The maximum Gasteiger partial charge on any atom is 0.247 e. The first-order valence-electron chi connectivity index (χ1n) is 11.1. The number of ether oxygens (including phenoxy) is 1. The van der Waals surface area contributed by atoms with Crippen LogP contribution in [0.5, 0.6) is 5.75 Å². The summed E-state index contributed by atoms with van der Waals surface area (Å²) in [6.07, 6.45) is 4.31. The Kier molecular flexibility index (Phi) is 5.72. The van der Waals surface area contributed by atoms with Crippen LogP contribution in [0.2, 0.25) is 0 Å². The highest BCUT2D eigenvalue weighted by atomic mass is 16.5. The zero-order valence-electron chi connectivity index (χ0n) is 18.7. The van der Waals surface area contributed by atoms with Crippen molar-refractivity contribution in [2.45, 2.75) is 38.1 Å². The smallest absolute Gasteiger partial charge is 0.247 e. The van der Waals surface area contributed by atoms with E-state index in [1.807, 2.05) is 64.9 Å². The van der Waals surface area contributed by atoms with Gasteiger partial charge >= 0.3 is 0 Å². The number of benzene rings is 1. The molecule has 0 radical (unpaired) electrons. The topological polar surface area (TPSA) is 103 Å². The number of fused-ring (bicyclic) bond motifs is 1. The monoisotopic (exact) mass is 446 g/mol. The second-order valence-corrected chi connectivity index (χ2v) is 8.35. The number of aromatic nitrogens is 7. The van der Waals surface area contributed by atoms with Gasteiger partial charge in [0, 0.05) is 31.6 Å². The van der Waals surface area contributed by atoms with E-state index in [1.165, 1.54) is 0 Å². The Morgan fingerprint density at radius 1 is 1.18 bits per heavy atom. The van der Waals surface area contributed by atoms with E-state index in [0.717, 1.165) is 35.6 Å². The Morgan fingerprint density at radius 3 is 2.91 bits per heavy atom. The second kappa shape index (κ2) is 8.97. The number of carbonyl (C=O) groups is 1. The summed E-state index contributed by atoms with van der Waals surface area (Å²) in [5.74, 6) is 2.38. The highest BCUT2D eigenvalue weighted by Crippen LogP contribution is 2.29. The van der Waals surface area contributed by atoms with E-state index in [2.05, 4.69) is 25.7 Å². The minimum atomic E-state index is -0.541.